The van der Waals surface area contributed by atoms with Crippen molar-refractivity contribution >= 4 is 11.9 Å². The molecule has 0 radical (unpaired) electrons. The van der Waals surface area contributed by atoms with Crippen LogP contribution in [-0.4, -0.2) is 32.6 Å². The van der Waals surface area contributed by atoms with E-state index in [-0.39, 0.29) is 5.57 Å². The Balaban J connectivity index is 3.05. The van der Waals surface area contributed by atoms with Crippen molar-refractivity contribution in [2.24, 2.45) is 0 Å². The summed E-state index contributed by atoms with van der Waals surface area (Å²) in [5, 5.41) is 27.9. The van der Waals surface area contributed by atoms with Gasteiger partial charge in [-0.2, -0.15) is 0 Å². The molecular weight excluding hydrogens is 206 g/mol. The van der Waals surface area contributed by atoms with Crippen LogP contribution in [-0.2, 0) is 9.59 Å². The fourth-order valence-electron chi connectivity index (χ4n) is 1.16. The van der Waals surface area contributed by atoms with Gasteiger partial charge in [0.1, 0.15) is 0 Å². The molecule has 0 fully saturated rings. The number of carbonyl (C=O) groups is 2. The minimum absolute atomic E-state index is 0.145. The van der Waals surface area contributed by atoms with Gasteiger partial charge in [0.25, 0.3) is 0 Å². The van der Waals surface area contributed by atoms with Crippen LogP contribution < -0.4 is 0 Å². The highest BCUT2D eigenvalue weighted by Crippen LogP contribution is 2.24. The molecule has 0 amide bonds. The molecular formula is C8H7NO6. The average Bonchev–Trinajstić information content (AvgIpc) is 2.17. The van der Waals surface area contributed by atoms with Crippen molar-refractivity contribution in [1.29, 1.82) is 0 Å². The third kappa shape index (κ3) is 1.71. The first kappa shape index (κ1) is 10.9. The van der Waals surface area contributed by atoms with Gasteiger partial charge in [-0.1, -0.05) is 6.08 Å². The Bertz CT molecular complexity index is 380. The summed E-state index contributed by atoms with van der Waals surface area (Å²) in [4.78, 5) is 30.8. The molecule has 0 aromatic carbocycles. The largest absolute Gasteiger partial charge is 0.478 e. The van der Waals surface area contributed by atoms with Crippen molar-refractivity contribution in [2.75, 3.05) is 0 Å². The van der Waals surface area contributed by atoms with Crippen LogP contribution in [0.1, 0.15) is 6.42 Å². The van der Waals surface area contributed by atoms with E-state index in [2.05, 4.69) is 0 Å². The van der Waals surface area contributed by atoms with E-state index in [1.165, 1.54) is 0 Å². The quantitative estimate of drug-likeness (QED) is 0.505. The molecule has 0 bridgehead atoms. The van der Waals surface area contributed by atoms with E-state index in [0.29, 0.717) is 0 Å². The normalized spacial score (nSPS) is 24.4. The summed E-state index contributed by atoms with van der Waals surface area (Å²) in [5.41, 5.74) is -2.38. The highest BCUT2D eigenvalue weighted by Gasteiger charge is 2.49. The number of hydrogen-bond acceptors (Lipinski definition) is 4. The molecule has 0 aliphatic heterocycles. The van der Waals surface area contributed by atoms with Gasteiger partial charge < -0.3 is 10.2 Å². The van der Waals surface area contributed by atoms with Crippen molar-refractivity contribution in [3.05, 3.63) is 33.9 Å². The van der Waals surface area contributed by atoms with Crippen molar-refractivity contribution in [3.63, 3.8) is 0 Å². The lowest BCUT2D eigenvalue weighted by Gasteiger charge is -2.18. The molecule has 1 aliphatic carbocycles. The Morgan fingerprint density at radius 1 is 1.47 bits per heavy atom. The third-order valence-electron chi connectivity index (χ3n) is 2.11. The van der Waals surface area contributed by atoms with Crippen molar-refractivity contribution in [2.45, 2.75) is 12.0 Å². The van der Waals surface area contributed by atoms with Crippen LogP contribution in [0, 0.1) is 10.1 Å². The lowest BCUT2D eigenvalue weighted by Crippen LogP contribution is -2.45. The second-order valence-electron chi connectivity index (χ2n) is 2.99. The maximum atomic E-state index is 10.7. The van der Waals surface area contributed by atoms with Crippen LogP contribution in [0.3, 0.4) is 0 Å². The Hall–Kier alpha value is -2.18. The maximum Gasteiger partial charge on any atom is 0.387 e. The predicted molar refractivity (Wildman–Crippen MR) is 46.8 cm³/mol. The molecule has 0 heterocycles. The maximum absolute atomic E-state index is 10.7. The summed E-state index contributed by atoms with van der Waals surface area (Å²) in [6, 6.07) is 0. The Morgan fingerprint density at radius 2 is 2.07 bits per heavy atom. The molecule has 1 atom stereocenters. The Kier molecular flexibility index (Phi) is 2.56. The summed E-state index contributed by atoms with van der Waals surface area (Å²) in [6.07, 6.45) is 2.29. The van der Waals surface area contributed by atoms with Crippen LogP contribution in [0.2, 0.25) is 0 Å². The molecule has 1 rings (SSSR count). The second-order valence-corrected chi connectivity index (χ2v) is 2.99. The molecule has 80 valence electrons. The van der Waals surface area contributed by atoms with E-state index >= 15 is 0 Å². The van der Waals surface area contributed by atoms with Crippen molar-refractivity contribution in [3.8, 4) is 0 Å². The van der Waals surface area contributed by atoms with E-state index in [1.807, 2.05) is 0 Å². The van der Waals surface area contributed by atoms with E-state index in [9.17, 15) is 19.7 Å². The number of carboxylic acid groups (broad SMARTS) is 2. The summed E-state index contributed by atoms with van der Waals surface area (Å²) in [5.74, 6) is -2.85. The first-order valence-electron chi connectivity index (χ1n) is 3.91. The molecule has 0 spiro atoms. The van der Waals surface area contributed by atoms with E-state index < -0.39 is 28.8 Å². The summed E-state index contributed by atoms with van der Waals surface area (Å²) in [6.45, 7) is 0. The van der Waals surface area contributed by atoms with Crippen LogP contribution in [0.5, 0.6) is 0 Å². The molecule has 7 heteroatoms. The van der Waals surface area contributed by atoms with Gasteiger partial charge in [0, 0.05) is 11.0 Å². The van der Waals surface area contributed by atoms with Crippen LogP contribution in [0.4, 0.5) is 0 Å². The molecule has 2 N–H and O–H groups in total. The first-order chi connectivity index (χ1) is 6.90. The molecule has 7 nitrogen and oxygen atoms in total. The van der Waals surface area contributed by atoms with Crippen LogP contribution >= 0.6 is 0 Å². The van der Waals surface area contributed by atoms with E-state index in [0.717, 1.165) is 18.2 Å². The van der Waals surface area contributed by atoms with Gasteiger partial charge in [-0.15, -0.1) is 0 Å². The summed E-state index contributed by atoms with van der Waals surface area (Å²) in [7, 11) is 0. The highest BCUT2D eigenvalue weighted by molar-refractivity contribution is 5.91. The van der Waals surface area contributed by atoms with Gasteiger partial charge in [-0.05, 0) is 6.08 Å². The minimum Gasteiger partial charge on any atom is -0.478 e. The third-order valence-corrected chi connectivity index (χ3v) is 2.11. The number of carboxylic acids is 2. The van der Waals surface area contributed by atoms with Crippen LogP contribution in [0.15, 0.2) is 23.8 Å². The SMILES string of the molecule is O=C(O)C1=CCC(C(=O)O)([N+](=O)[O-])C=C1. The molecule has 1 unspecified atom stereocenters. The van der Waals surface area contributed by atoms with Gasteiger partial charge in [0.05, 0.1) is 12.0 Å². The van der Waals surface area contributed by atoms with Gasteiger partial charge in [-0.25, -0.2) is 9.59 Å². The molecule has 0 saturated heterocycles. The Morgan fingerprint density at radius 3 is 2.33 bits per heavy atom. The molecule has 15 heavy (non-hydrogen) atoms. The summed E-state index contributed by atoms with van der Waals surface area (Å²) < 4.78 is 0. The first-order valence-corrected chi connectivity index (χ1v) is 3.91. The topological polar surface area (TPSA) is 118 Å². The van der Waals surface area contributed by atoms with Gasteiger partial charge in [-0.3, -0.25) is 10.1 Å². The predicted octanol–water partition coefficient (Wildman–Crippen LogP) is 0.0574. The zero-order valence-electron chi connectivity index (χ0n) is 7.41. The highest BCUT2D eigenvalue weighted by atomic mass is 16.6. The smallest absolute Gasteiger partial charge is 0.387 e. The van der Waals surface area contributed by atoms with Crippen molar-refractivity contribution in [1.82, 2.24) is 0 Å². The number of aliphatic carboxylic acids is 2. The van der Waals surface area contributed by atoms with Gasteiger partial charge in [0.2, 0.25) is 0 Å². The number of hydrogen-bond donors (Lipinski definition) is 2. The zero-order valence-corrected chi connectivity index (χ0v) is 7.41. The monoisotopic (exact) mass is 213 g/mol. The van der Waals surface area contributed by atoms with Crippen molar-refractivity contribution < 1.29 is 24.7 Å². The van der Waals surface area contributed by atoms with E-state index in [4.69, 9.17) is 10.2 Å². The number of nitrogens with zero attached hydrogens (tertiary/aromatic N) is 1. The molecule has 0 aromatic rings. The van der Waals surface area contributed by atoms with E-state index in [1.54, 1.807) is 0 Å². The average molecular weight is 213 g/mol. The zero-order chi connectivity index (χ0) is 11.6. The van der Waals surface area contributed by atoms with Crippen LogP contribution in [0.25, 0.3) is 0 Å². The fraction of sp³-hybridized carbons (Fsp3) is 0.250. The van der Waals surface area contributed by atoms with Gasteiger partial charge >= 0.3 is 17.5 Å². The fourth-order valence-corrected chi connectivity index (χ4v) is 1.16. The summed E-state index contributed by atoms with van der Waals surface area (Å²) >= 11 is 0. The number of nitro groups is 1. The molecule has 0 aromatic heterocycles. The number of rotatable bonds is 3. The lowest BCUT2D eigenvalue weighted by molar-refractivity contribution is -0.540. The second kappa shape index (κ2) is 3.52. The lowest BCUT2D eigenvalue weighted by atomic mass is 9.89. The Labute approximate surface area is 83.5 Å². The minimum atomic E-state index is -2.24. The van der Waals surface area contributed by atoms with Gasteiger partial charge in [0.15, 0.2) is 0 Å². The molecule has 0 saturated carbocycles. The standard InChI is InChI=1S/C8H7NO6/c10-6(11)5-1-3-8(4-2-5,7(12)13)9(14)15/h1-3H,4H2,(H,10,11)(H,12,13). The molecule has 1 aliphatic rings.